The average Bonchev–Trinajstić information content (AvgIpc) is 2.73. The van der Waals surface area contributed by atoms with Crippen molar-refractivity contribution in [2.75, 3.05) is 6.79 Å². The molecule has 2 aromatic rings. The van der Waals surface area contributed by atoms with E-state index in [1.165, 1.54) is 0 Å². The maximum atomic E-state index is 11.4. The number of hydrogen-bond donors (Lipinski definition) is 1. The highest BCUT2D eigenvalue weighted by atomic mass is 16.7. The summed E-state index contributed by atoms with van der Waals surface area (Å²) in [6, 6.07) is 3.66. The highest BCUT2D eigenvalue weighted by Gasteiger charge is 2.19. The summed E-state index contributed by atoms with van der Waals surface area (Å²) in [6.45, 7) is 3.85. The molecule has 0 atom stereocenters. The second-order valence-corrected chi connectivity index (χ2v) is 4.28. The third kappa shape index (κ3) is 1.40. The Hall–Kier alpha value is -2.30. The number of fused-ring (bicyclic) bond motifs is 2. The van der Waals surface area contributed by atoms with Gasteiger partial charge in [-0.3, -0.25) is 9.78 Å². The highest BCUT2D eigenvalue weighted by Crippen LogP contribution is 2.37. The fraction of sp³-hybridized carbons (Fsp3) is 0.231. The van der Waals surface area contributed by atoms with Gasteiger partial charge in [0.25, 0.3) is 5.91 Å². The van der Waals surface area contributed by atoms with E-state index in [0.717, 1.165) is 16.5 Å². The number of hydrogen-bond acceptors (Lipinski definition) is 4. The number of aryl methyl sites for hydroxylation is 2. The average molecular weight is 244 g/mol. The van der Waals surface area contributed by atoms with E-state index in [9.17, 15) is 4.79 Å². The number of aromatic nitrogens is 1. The van der Waals surface area contributed by atoms with Crippen LogP contribution in [0.3, 0.4) is 0 Å². The van der Waals surface area contributed by atoms with Crippen LogP contribution in [-0.4, -0.2) is 17.7 Å². The predicted octanol–water partition coefficient (Wildman–Crippen LogP) is 1.68. The van der Waals surface area contributed by atoms with Crippen molar-refractivity contribution in [3.05, 3.63) is 29.0 Å². The molecule has 1 aliphatic heterocycles. The molecule has 18 heavy (non-hydrogen) atoms. The highest BCUT2D eigenvalue weighted by molar-refractivity contribution is 6.01. The lowest BCUT2D eigenvalue weighted by molar-refractivity contribution is 0.0999. The molecule has 92 valence electrons. The second-order valence-electron chi connectivity index (χ2n) is 4.28. The normalized spacial score (nSPS) is 13.0. The van der Waals surface area contributed by atoms with Gasteiger partial charge in [-0.25, -0.2) is 0 Å². The largest absolute Gasteiger partial charge is 0.454 e. The van der Waals surface area contributed by atoms with Crippen LogP contribution in [0, 0.1) is 13.8 Å². The van der Waals surface area contributed by atoms with E-state index in [4.69, 9.17) is 15.2 Å². The van der Waals surface area contributed by atoms with Crippen LogP contribution in [0.1, 0.15) is 21.6 Å². The lowest BCUT2D eigenvalue weighted by atomic mass is 10.0. The smallest absolute Gasteiger partial charge is 0.250 e. The SMILES string of the molecule is Cc1nc2cc3c(cc2c(C)c1C(N)=O)OCO3. The van der Waals surface area contributed by atoms with Crippen molar-refractivity contribution in [2.24, 2.45) is 5.73 Å². The van der Waals surface area contributed by atoms with E-state index in [0.29, 0.717) is 22.8 Å². The topological polar surface area (TPSA) is 74.4 Å². The number of benzene rings is 1. The van der Waals surface area contributed by atoms with Gasteiger partial charge in [0.15, 0.2) is 11.5 Å². The van der Waals surface area contributed by atoms with E-state index in [1.807, 2.05) is 19.1 Å². The van der Waals surface area contributed by atoms with Gasteiger partial charge in [-0.15, -0.1) is 0 Å². The number of carbonyl (C=O) groups is 1. The van der Waals surface area contributed by atoms with Crippen molar-refractivity contribution in [1.29, 1.82) is 0 Å². The minimum Gasteiger partial charge on any atom is -0.454 e. The van der Waals surface area contributed by atoms with Gasteiger partial charge in [0.1, 0.15) is 0 Å². The summed E-state index contributed by atoms with van der Waals surface area (Å²) in [4.78, 5) is 15.8. The molecule has 0 spiro atoms. The molecule has 2 N–H and O–H groups in total. The number of rotatable bonds is 1. The van der Waals surface area contributed by atoms with Crippen LogP contribution < -0.4 is 15.2 Å². The monoisotopic (exact) mass is 244 g/mol. The van der Waals surface area contributed by atoms with Crippen molar-refractivity contribution < 1.29 is 14.3 Å². The molecule has 5 heteroatoms. The van der Waals surface area contributed by atoms with E-state index in [1.54, 1.807) is 6.92 Å². The number of primary amides is 1. The first-order valence-corrected chi connectivity index (χ1v) is 5.58. The zero-order valence-electron chi connectivity index (χ0n) is 10.1. The maximum Gasteiger partial charge on any atom is 0.250 e. The zero-order valence-corrected chi connectivity index (χ0v) is 10.1. The molecule has 0 fully saturated rings. The third-order valence-electron chi connectivity index (χ3n) is 3.17. The van der Waals surface area contributed by atoms with Gasteiger partial charge in [0, 0.05) is 11.5 Å². The molecule has 0 saturated heterocycles. The summed E-state index contributed by atoms with van der Waals surface area (Å²) in [5.74, 6) is 0.893. The number of nitrogens with zero attached hydrogens (tertiary/aromatic N) is 1. The van der Waals surface area contributed by atoms with Crippen molar-refractivity contribution in [2.45, 2.75) is 13.8 Å². The Morgan fingerprint density at radius 1 is 1.28 bits per heavy atom. The number of ether oxygens (including phenoxy) is 2. The first-order valence-electron chi connectivity index (χ1n) is 5.58. The Bertz CT molecular complexity index is 680. The molecule has 0 radical (unpaired) electrons. The minimum atomic E-state index is -0.461. The zero-order chi connectivity index (χ0) is 12.9. The van der Waals surface area contributed by atoms with Gasteiger partial charge in [-0.1, -0.05) is 0 Å². The van der Waals surface area contributed by atoms with Gasteiger partial charge in [0.2, 0.25) is 6.79 Å². The molecule has 0 saturated carbocycles. The van der Waals surface area contributed by atoms with E-state index >= 15 is 0 Å². The second kappa shape index (κ2) is 3.60. The van der Waals surface area contributed by atoms with Gasteiger partial charge in [-0.05, 0) is 25.5 Å². The molecule has 1 amide bonds. The van der Waals surface area contributed by atoms with Crippen molar-refractivity contribution in [3.8, 4) is 11.5 Å². The molecule has 0 aliphatic carbocycles. The van der Waals surface area contributed by atoms with Crippen LogP contribution in [0.4, 0.5) is 0 Å². The van der Waals surface area contributed by atoms with E-state index < -0.39 is 5.91 Å². The summed E-state index contributed by atoms with van der Waals surface area (Å²) in [7, 11) is 0. The van der Waals surface area contributed by atoms with Crippen LogP contribution >= 0.6 is 0 Å². The Kier molecular flexibility index (Phi) is 2.16. The van der Waals surface area contributed by atoms with Crippen molar-refractivity contribution >= 4 is 16.8 Å². The van der Waals surface area contributed by atoms with E-state index in [-0.39, 0.29) is 6.79 Å². The van der Waals surface area contributed by atoms with Crippen LogP contribution in [-0.2, 0) is 0 Å². The first kappa shape index (κ1) is 10.8. The minimum absolute atomic E-state index is 0.215. The lowest BCUT2D eigenvalue weighted by Gasteiger charge is -2.10. The molecule has 0 bridgehead atoms. The van der Waals surface area contributed by atoms with Crippen LogP contribution in [0.5, 0.6) is 11.5 Å². The summed E-state index contributed by atoms with van der Waals surface area (Å²) in [5.41, 5.74) is 8.09. The molecule has 1 aromatic carbocycles. The molecular weight excluding hydrogens is 232 g/mol. The van der Waals surface area contributed by atoms with Gasteiger partial charge >= 0.3 is 0 Å². The summed E-state index contributed by atoms with van der Waals surface area (Å²) in [5, 5.41) is 0.860. The Labute approximate surface area is 104 Å². The Morgan fingerprint density at radius 2 is 1.94 bits per heavy atom. The fourth-order valence-corrected chi connectivity index (χ4v) is 2.33. The first-order chi connectivity index (χ1) is 8.58. The molecule has 1 aliphatic rings. The Balaban J connectivity index is 2.38. The van der Waals surface area contributed by atoms with Crippen LogP contribution in [0.15, 0.2) is 12.1 Å². The maximum absolute atomic E-state index is 11.4. The number of pyridine rings is 1. The van der Waals surface area contributed by atoms with Gasteiger partial charge < -0.3 is 15.2 Å². The standard InChI is InChI=1S/C13H12N2O3/c1-6-8-3-10-11(18-5-17-10)4-9(8)15-7(2)12(6)13(14)16/h3-4H,5H2,1-2H3,(H2,14,16). The molecule has 5 nitrogen and oxygen atoms in total. The van der Waals surface area contributed by atoms with Crippen molar-refractivity contribution in [1.82, 2.24) is 4.98 Å². The van der Waals surface area contributed by atoms with E-state index in [2.05, 4.69) is 4.98 Å². The van der Waals surface area contributed by atoms with Crippen LogP contribution in [0.2, 0.25) is 0 Å². The predicted molar refractivity (Wildman–Crippen MR) is 65.9 cm³/mol. The molecule has 1 aromatic heterocycles. The lowest BCUT2D eigenvalue weighted by Crippen LogP contribution is -2.15. The summed E-state index contributed by atoms with van der Waals surface area (Å²) in [6.07, 6.45) is 0. The third-order valence-corrected chi connectivity index (χ3v) is 3.17. The molecular formula is C13H12N2O3. The molecule has 3 rings (SSSR count). The summed E-state index contributed by atoms with van der Waals surface area (Å²) < 4.78 is 10.6. The van der Waals surface area contributed by atoms with Gasteiger partial charge in [0.05, 0.1) is 16.8 Å². The number of nitrogens with two attached hydrogens (primary N) is 1. The van der Waals surface area contributed by atoms with Crippen LogP contribution in [0.25, 0.3) is 10.9 Å². The quantitative estimate of drug-likeness (QED) is 0.828. The number of carbonyl (C=O) groups excluding carboxylic acids is 1. The molecule has 2 heterocycles. The number of amides is 1. The summed E-state index contributed by atoms with van der Waals surface area (Å²) >= 11 is 0. The van der Waals surface area contributed by atoms with Gasteiger partial charge in [-0.2, -0.15) is 0 Å². The fourth-order valence-electron chi connectivity index (χ4n) is 2.33. The molecule has 0 unspecified atom stereocenters. The Morgan fingerprint density at radius 3 is 2.61 bits per heavy atom. The van der Waals surface area contributed by atoms with Crippen molar-refractivity contribution in [3.63, 3.8) is 0 Å².